The van der Waals surface area contributed by atoms with Crippen molar-refractivity contribution >= 4 is 18.0 Å². The van der Waals surface area contributed by atoms with Crippen LogP contribution in [-0.4, -0.2) is 30.7 Å². The van der Waals surface area contributed by atoms with Gasteiger partial charge in [-0.25, -0.2) is 4.79 Å². The van der Waals surface area contributed by atoms with Crippen LogP contribution in [0.25, 0.3) is 6.08 Å². The van der Waals surface area contributed by atoms with E-state index in [2.05, 4.69) is 5.32 Å². The van der Waals surface area contributed by atoms with Gasteiger partial charge in [0.2, 0.25) is 0 Å². The molecule has 2 heterocycles. The number of aryl methyl sites for hydroxylation is 1. The average Bonchev–Trinajstić information content (AvgIpc) is 2.99. The Balaban J connectivity index is 1.70. The van der Waals surface area contributed by atoms with Gasteiger partial charge in [0.25, 0.3) is 5.91 Å². The Morgan fingerprint density at radius 2 is 2.16 bits per heavy atom. The molecule has 0 aliphatic carbocycles. The molecule has 2 N–H and O–H groups in total. The highest BCUT2D eigenvalue weighted by molar-refractivity contribution is 5.99. The van der Waals surface area contributed by atoms with E-state index in [1.807, 2.05) is 12.1 Å². The zero-order valence-corrected chi connectivity index (χ0v) is 13.8. The molecule has 7 heteroatoms. The molecule has 1 aromatic carbocycles. The predicted octanol–water partition coefficient (Wildman–Crippen LogP) is 2.39. The standard InChI is InChI=1S/C18H17NO6/c1-10-14(18(21)22)7-13(25-10)8-19-17(20)12-6-11-4-3-5-15(23-2)16(11)24-9-12/h3-7H,8-9H2,1-2H3,(H,19,20)(H,21,22). The van der Waals surface area contributed by atoms with Crippen LogP contribution in [0.5, 0.6) is 11.5 Å². The van der Waals surface area contributed by atoms with E-state index in [-0.39, 0.29) is 24.6 Å². The number of para-hydroxylation sites is 1. The fourth-order valence-electron chi connectivity index (χ4n) is 2.60. The number of hydrogen-bond donors (Lipinski definition) is 2. The fraction of sp³-hybridized carbons (Fsp3) is 0.222. The van der Waals surface area contributed by atoms with Crippen molar-refractivity contribution in [2.75, 3.05) is 13.7 Å². The molecule has 0 radical (unpaired) electrons. The molecule has 0 saturated carbocycles. The minimum atomic E-state index is -1.06. The summed E-state index contributed by atoms with van der Waals surface area (Å²) in [5, 5.41) is 11.7. The van der Waals surface area contributed by atoms with Crippen molar-refractivity contribution in [3.63, 3.8) is 0 Å². The number of hydrogen-bond acceptors (Lipinski definition) is 5. The van der Waals surface area contributed by atoms with Crippen molar-refractivity contribution in [3.8, 4) is 11.5 Å². The fourth-order valence-corrected chi connectivity index (χ4v) is 2.60. The maximum atomic E-state index is 12.3. The van der Waals surface area contributed by atoms with Crippen molar-refractivity contribution in [1.82, 2.24) is 5.32 Å². The molecule has 0 fully saturated rings. The van der Waals surface area contributed by atoms with Gasteiger partial charge in [0, 0.05) is 5.56 Å². The lowest BCUT2D eigenvalue weighted by atomic mass is 10.1. The zero-order valence-electron chi connectivity index (χ0n) is 13.8. The third kappa shape index (κ3) is 3.35. The number of carbonyl (C=O) groups excluding carboxylic acids is 1. The van der Waals surface area contributed by atoms with Gasteiger partial charge in [-0.2, -0.15) is 0 Å². The Bertz CT molecular complexity index is 864. The Morgan fingerprint density at radius 3 is 2.84 bits per heavy atom. The third-order valence-electron chi connectivity index (χ3n) is 3.85. The Morgan fingerprint density at radius 1 is 1.36 bits per heavy atom. The highest BCUT2D eigenvalue weighted by Gasteiger charge is 2.20. The van der Waals surface area contributed by atoms with Gasteiger partial charge in [-0.05, 0) is 25.1 Å². The largest absolute Gasteiger partial charge is 0.493 e. The van der Waals surface area contributed by atoms with Gasteiger partial charge >= 0.3 is 5.97 Å². The number of nitrogens with one attached hydrogen (secondary N) is 1. The number of carbonyl (C=O) groups is 2. The van der Waals surface area contributed by atoms with Gasteiger partial charge in [0.05, 0.1) is 19.2 Å². The summed E-state index contributed by atoms with van der Waals surface area (Å²) in [6.07, 6.45) is 1.74. The molecule has 0 saturated heterocycles. The summed E-state index contributed by atoms with van der Waals surface area (Å²) in [6.45, 7) is 1.78. The summed E-state index contributed by atoms with van der Waals surface area (Å²) < 4.78 is 16.2. The topological polar surface area (TPSA) is 98.0 Å². The number of methoxy groups -OCH3 is 1. The molecular weight excluding hydrogens is 326 g/mol. The highest BCUT2D eigenvalue weighted by atomic mass is 16.5. The van der Waals surface area contributed by atoms with Crippen LogP contribution in [0, 0.1) is 6.92 Å². The number of amides is 1. The number of fused-ring (bicyclic) bond motifs is 1. The van der Waals surface area contributed by atoms with Crippen LogP contribution in [0.3, 0.4) is 0 Å². The molecule has 0 atom stereocenters. The quantitative estimate of drug-likeness (QED) is 0.865. The van der Waals surface area contributed by atoms with Crippen LogP contribution in [0.2, 0.25) is 0 Å². The number of carboxylic acid groups (broad SMARTS) is 1. The Hall–Kier alpha value is -3.22. The summed E-state index contributed by atoms with van der Waals surface area (Å²) in [6, 6.07) is 6.84. The summed E-state index contributed by atoms with van der Waals surface area (Å²) in [5.74, 6) is 0.530. The molecular formula is C18H17NO6. The molecule has 2 aromatic rings. The number of benzene rings is 1. The molecule has 1 aliphatic rings. The second kappa shape index (κ2) is 6.72. The summed E-state index contributed by atoms with van der Waals surface area (Å²) in [7, 11) is 1.56. The molecule has 25 heavy (non-hydrogen) atoms. The van der Waals surface area contributed by atoms with Crippen LogP contribution in [0.1, 0.15) is 27.4 Å². The lowest BCUT2D eigenvalue weighted by molar-refractivity contribution is -0.118. The second-order valence-corrected chi connectivity index (χ2v) is 5.51. The summed E-state index contributed by atoms with van der Waals surface area (Å²) in [4.78, 5) is 23.3. The summed E-state index contributed by atoms with van der Waals surface area (Å²) in [5.41, 5.74) is 1.31. The van der Waals surface area contributed by atoms with E-state index in [4.69, 9.17) is 19.0 Å². The van der Waals surface area contributed by atoms with Crippen molar-refractivity contribution < 1.29 is 28.6 Å². The van der Waals surface area contributed by atoms with Crippen molar-refractivity contribution in [1.29, 1.82) is 0 Å². The van der Waals surface area contributed by atoms with Crippen LogP contribution in [0.4, 0.5) is 0 Å². The van der Waals surface area contributed by atoms with E-state index < -0.39 is 5.97 Å². The monoisotopic (exact) mass is 343 g/mol. The molecule has 7 nitrogen and oxygen atoms in total. The van der Waals surface area contributed by atoms with Crippen molar-refractivity contribution in [3.05, 3.63) is 52.5 Å². The number of aromatic carboxylic acids is 1. The first-order chi connectivity index (χ1) is 12.0. The Labute approximate surface area is 143 Å². The smallest absolute Gasteiger partial charge is 0.339 e. The van der Waals surface area contributed by atoms with Crippen molar-refractivity contribution in [2.45, 2.75) is 13.5 Å². The van der Waals surface area contributed by atoms with E-state index in [9.17, 15) is 9.59 Å². The first-order valence-corrected chi connectivity index (χ1v) is 7.60. The molecule has 1 amide bonds. The van der Waals surface area contributed by atoms with Crippen LogP contribution in [0.15, 0.2) is 34.3 Å². The Kier molecular flexibility index (Phi) is 4.47. The van der Waals surface area contributed by atoms with Crippen LogP contribution < -0.4 is 14.8 Å². The maximum Gasteiger partial charge on any atom is 0.339 e. The SMILES string of the molecule is COc1cccc2c1OCC(C(=O)NCc1cc(C(=O)O)c(C)o1)=C2. The van der Waals surface area contributed by atoms with Crippen LogP contribution in [-0.2, 0) is 11.3 Å². The van der Waals surface area contributed by atoms with E-state index in [0.717, 1.165) is 5.56 Å². The molecule has 1 aromatic heterocycles. The number of ether oxygens (including phenoxy) is 2. The number of furan rings is 1. The summed E-state index contributed by atoms with van der Waals surface area (Å²) >= 11 is 0. The molecule has 3 rings (SSSR count). The first kappa shape index (κ1) is 16.6. The lowest BCUT2D eigenvalue weighted by Crippen LogP contribution is -2.28. The molecule has 0 bridgehead atoms. The van der Waals surface area contributed by atoms with Gasteiger partial charge < -0.3 is 24.3 Å². The predicted molar refractivity (Wildman–Crippen MR) is 88.7 cm³/mol. The zero-order chi connectivity index (χ0) is 18.0. The van der Waals surface area contributed by atoms with Crippen molar-refractivity contribution in [2.24, 2.45) is 0 Å². The highest BCUT2D eigenvalue weighted by Crippen LogP contribution is 2.35. The van der Waals surface area contributed by atoms with E-state index >= 15 is 0 Å². The number of carboxylic acids is 1. The van der Waals surface area contributed by atoms with E-state index in [1.54, 1.807) is 26.2 Å². The molecule has 0 spiro atoms. The van der Waals surface area contributed by atoms with Gasteiger partial charge in [-0.1, -0.05) is 12.1 Å². The lowest BCUT2D eigenvalue weighted by Gasteiger charge is -2.19. The molecule has 1 aliphatic heterocycles. The maximum absolute atomic E-state index is 12.3. The first-order valence-electron chi connectivity index (χ1n) is 7.60. The van der Waals surface area contributed by atoms with Gasteiger partial charge in [-0.3, -0.25) is 4.79 Å². The minimum Gasteiger partial charge on any atom is -0.493 e. The average molecular weight is 343 g/mol. The van der Waals surface area contributed by atoms with Crippen LogP contribution >= 0.6 is 0 Å². The normalized spacial score (nSPS) is 12.6. The van der Waals surface area contributed by atoms with Gasteiger partial charge in [-0.15, -0.1) is 0 Å². The molecule has 130 valence electrons. The van der Waals surface area contributed by atoms with E-state index in [0.29, 0.717) is 28.6 Å². The van der Waals surface area contributed by atoms with Gasteiger partial charge in [0.15, 0.2) is 11.5 Å². The third-order valence-corrected chi connectivity index (χ3v) is 3.85. The minimum absolute atomic E-state index is 0.0884. The number of rotatable bonds is 5. The second-order valence-electron chi connectivity index (χ2n) is 5.51. The van der Waals surface area contributed by atoms with E-state index in [1.165, 1.54) is 6.07 Å². The molecule has 0 unspecified atom stereocenters. The van der Waals surface area contributed by atoms with Gasteiger partial charge in [0.1, 0.15) is 23.7 Å².